The lowest BCUT2D eigenvalue weighted by Gasteiger charge is -2.27. The zero-order chi connectivity index (χ0) is 16.3. The monoisotopic (exact) mass is 331 g/mol. The summed E-state index contributed by atoms with van der Waals surface area (Å²) in [5.74, 6) is -0.0576. The molecule has 0 aromatic carbocycles. The highest BCUT2D eigenvalue weighted by Crippen LogP contribution is 2.24. The minimum Gasteiger partial charge on any atom is -0.323 e. The molecule has 0 bridgehead atoms. The molecule has 2 saturated heterocycles. The summed E-state index contributed by atoms with van der Waals surface area (Å²) in [6.45, 7) is 5.34. The SMILES string of the molecule is CCCS(=O)(=O)N1CCCC1C(=O)N1CCN(C(=O)CC)C1. The molecule has 2 aliphatic heterocycles. The Morgan fingerprint density at radius 2 is 1.77 bits per heavy atom. The zero-order valence-corrected chi connectivity index (χ0v) is 14.1. The fourth-order valence-corrected chi connectivity index (χ4v) is 4.84. The van der Waals surface area contributed by atoms with Crippen molar-refractivity contribution >= 4 is 21.8 Å². The lowest BCUT2D eigenvalue weighted by molar-refractivity contribution is -0.136. The topological polar surface area (TPSA) is 78.0 Å². The van der Waals surface area contributed by atoms with E-state index in [-0.39, 0.29) is 24.2 Å². The maximum atomic E-state index is 12.6. The largest absolute Gasteiger partial charge is 0.323 e. The van der Waals surface area contributed by atoms with Crippen LogP contribution < -0.4 is 0 Å². The second kappa shape index (κ2) is 6.95. The number of amides is 2. The molecular formula is C14H25N3O4S. The number of hydrogen-bond acceptors (Lipinski definition) is 4. The lowest BCUT2D eigenvalue weighted by Crippen LogP contribution is -2.48. The molecule has 0 aromatic rings. The van der Waals surface area contributed by atoms with Crippen LogP contribution in [0.5, 0.6) is 0 Å². The first-order valence-corrected chi connectivity index (χ1v) is 9.57. The molecule has 2 aliphatic rings. The molecule has 2 amide bonds. The van der Waals surface area contributed by atoms with Crippen LogP contribution in [0.15, 0.2) is 0 Å². The summed E-state index contributed by atoms with van der Waals surface area (Å²) in [4.78, 5) is 27.6. The van der Waals surface area contributed by atoms with Crippen LogP contribution in [0.2, 0.25) is 0 Å². The maximum absolute atomic E-state index is 12.6. The molecule has 126 valence electrons. The minimum absolute atomic E-state index is 0.0252. The van der Waals surface area contributed by atoms with Crippen molar-refractivity contribution in [3.05, 3.63) is 0 Å². The molecule has 22 heavy (non-hydrogen) atoms. The normalized spacial score (nSPS) is 23.3. The van der Waals surface area contributed by atoms with Gasteiger partial charge in [0.05, 0.1) is 12.4 Å². The number of carbonyl (C=O) groups excluding carboxylic acids is 2. The van der Waals surface area contributed by atoms with Crippen molar-refractivity contribution in [2.24, 2.45) is 0 Å². The van der Waals surface area contributed by atoms with Gasteiger partial charge in [-0.3, -0.25) is 9.59 Å². The van der Waals surface area contributed by atoms with Crippen LogP contribution in [-0.2, 0) is 19.6 Å². The Labute approximate surface area is 132 Å². The van der Waals surface area contributed by atoms with Gasteiger partial charge >= 0.3 is 0 Å². The predicted molar refractivity (Wildman–Crippen MR) is 82.4 cm³/mol. The van der Waals surface area contributed by atoms with Gasteiger partial charge in [0.1, 0.15) is 6.04 Å². The molecule has 8 heteroatoms. The van der Waals surface area contributed by atoms with Crippen molar-refractivity contribution in [3.8, 4) is 0 Å². The average molecular weight is 331 g/mol. The van der Waals surface area contributed by atoms with E-state index >= 15 is 0 Å². The Morgan fingerprint density at radius 3 is 2.41 bits per heavy atom. The maximum Gasteiger partial charge on any atom is 0.242 e. The Balaban J connectivity index is 2.05. The smallest absolute Gasteiger partial charge is 0.242 e. The fourth-order valence-electron chi connectivity index (χ4n) is 3.10. The highest BCUT2D eigenvalue weighted by Gasteiger charge is 2.41. The molecule has 1 atom stereocenters. The van der Waals surface area contributed by atoms with Crippen LogP contribution in [0.3, 0.4) is 0 Å². The first kappa shape index (κ1) is 17.2. The second-order valence-electron chi connectivity index (χ2n) is 5.84. The average Bonchev–Trinajstić information content (AvgIpc) is 3.15. The molecule has 2 heterocycles. The number of nitrogens with zero attached hydrogens (tertiary/aromatic N) is 3. The quantitative estimate of drug-likeness (QED) is 0.722. The van der Waals surface area contributed by atoms with Gasteiger partial charge in [-0.2, -0.15) is 4.31 Å². The van der Waals surface area contributed by atoms with Gasteiger partial charge in [0.15, 0.2) is 0 Å². The van der Waals surface area contributed by atoms with E-state index in [1.807, 2.05) is 6.92 Å². The molecular weight excluding hydrogens is 306 g/mol. The minimum atomic E-state index is -3.36. The van der Waals surface area contributed by atoms with Gasteiger partial charge in [-0.05, 0) is 19.3 Å². The van der Waals surface area contributed by atoms with Crippen LogP contribution in [0, 0.1) is 0 Å². The van der Waals surface area contributed by atoms with Crippen molar-refractivity contribution < 1.29 is 18.0 Å². The molecule has 7 nitrogen and oxygen atoms in total. The Bertz CT molecular complexity index is 534. The highest BCUT2D eigenvalue weighted by atomic mass is 32.2. The Morgan fingerprint density at radius 1 is 1.09 bits per heavy atom. The van der Waals surface area contributed by atoms with E-state index in [4.69, 9.17) is 0 Å². The molecule has 0 aromatic heterocycles. The second-order valence-corrected chi connectivity index (χ2v) is 7.88. The first-order chi connectivity index (χ1) is 10.4. The van der Waals surface area contributed by atoms with Crippen LogP contribution in [-0.4, -0.2) is 72.4 Å². The van der Waals surface area contributed by atoms with Crippen molar-refractivity contribution in [2.45, 2.75) is 45.6 Å². The molecule has 2 rings (SSSR count). The molecule has 0 saturated carbocycles. The summed E-state index contributed by atoms with van der Waals surface area (Å²) in [5, 5.41) is 0. The number of carbonyl (C=O) groups is 2. The van der Waals surface area contributed by atoms with Crippen LogP contribution >= 0.6 is 0 Å². The van der Waals surface area contributed by atoms with E-state index in [9.17, 15) is 18.0 Å². The number of hydrogen-bond donors (Lipinski definition) is 0. The standard InChI is InChI=1S/C14H25N3O4S/c1-3-10-22(20,21)17-7-5-6-12(17)14(19)16-9-8-15(11-16)13(18)4-2/h12H,3-11H2,1-2H3. The summed E-state index contributed by atoms with van der Waals surface area (Å²) in [5.41, 5.74) is 0. The van der Waals surface area contributed by atoms with Crippen LogP contribution in [0.1, 0.15) is 39.5 Å². The van der Waals surface area contributed by atoms with Crippen molar-refractivity contribution in [1.29, 1.82) is 0 Å². The summed E-state index contributed by atoms with van der Waals surface area (Å²) in [7, 11) is -3.36. The molecule has 0 aliphatic carbocycles. The van der Waals surface area contributed by atoms with Gasteiger partial charge in [0, 0.05) is 26.1 Å². The Kier molecular flexibility index (Phi) is 5.44. The third-order valence-electron chi connectivity index (χ3n) is 4.26. The summed E-state index contributed by atoms with van der Waals surface area (Å²) in [6.07, 6.45) is 2.25. The van der Waals surface area contributed by atoms with E-state index in [1.54, 1.807) is 16.7 Å². The van der Waals surface area contributed by atoms with Gasteiger partial charge in [-0.15, -0.1) is 0 Å². The summed E-state index contributed by atoms with van der Waals surface area (Å²) in [6, 6.07) is -0.590. The van der Waals surface area contributed by atoms with Gasteiger partial charge in [-0.1, -0.05) is 13.8 Å². The van der Waals surface area contributed by atoms with E-state index in [0.29, 0.717) is 45.3 Å². The van der Waals surface area contributed by atoms with E-state index in [0.717, 1.165) is 0 Å². The molecule has 2 fully saturated rings. The molecule has 0 radical (unpaired) electrons. The summed E-state index contributed by atoms with van der Waals surface area (Å²) >= 11 is 0. The van der Waals surface area contributed by atoms with Gasteiger partial charge in [0.2, 0.25) is 21.8 Å². The molecule has 0 N–H and O–H groups in total. The molecule has 1 unspecified atom stereocenters. The third-order valence-corrected chi connectivity index (χ3v) is 6.33. The fraction of sp³-hybridized carbons (Fsp3) is 0.857. The van der Waals surface area contributed by atoms with Crippen molar-refractivity contribution in [3.63, 3.8) is 0 Å². The van der Waals surface area contributed by atoms with Gasteiger partial charge in [-0.25, -0.2) is 8.42 Å². The number of sulfonamides is 1. The van der Waals surface area contributed by atoms with Crippen molar-refractivity contribution in [1.82, 2.24) is 14.1 Å². The predicted octanol–water partition coefficient (Wildman–Crippen LogP) is 0.229. The number of rotatable bonds is 5. The van der Waals surface area contributed by atoms with E-state index < -0.39 is 16.1 Å². The van der Waals surface area contributed by atoms with Gasteiger partial charge < -0.3 is 9.80 Å². The van der Waals surface area contributed by atoms with Gasteiger partial charge in [0.25, 0.3) is 0 Å². The van der Waals surface area contributed by atoms with E-state index in [2.05, 4.69) is 0 Å². The highest BCUT2D eigenvalue weighted by molar-refractivity contribution is 7.89. The first-order valence-electron chi connectivity index (χ1n) is 7.96. The Hall–Kier alpha value is -1.15. The van der Waals surface area contributed by atoms with Crippen LogP contribution in [0.25, 0.3) is 0 Å². The third kappa shape index (κ3) is 3.43. The van der Waals surface area contributed by atoms with Crippen LogP contribution in [0.4, 0.5) is 0 Å². The lowest BCUT2D eigenvalue weighted by atomic mass is 10.2. The summed E-state index contributed by atoms with van der Waals surface area (Å²) < 4.78 is 25.9. The zero-order valence-electron chi connectivity index (χ0n) is 13.3. The van der Waals surface area contributed by atoms with Crippen molar-refractivity contribution in [2.75, 3.05) is 32.1 Å². The van der Waals surface area contributed by atoms with E-state index in [1.165, 1.54) is 4.31 Å². The molecule has 0 spiro atoms.